The Balaban J connectivity index is 1.18. The van der Waals surface area contributed by atoms with Gasteiger partial charge in [-0.3, -0.25) is 14.7 Å². The van der Waals surface area contributed by atoms with E-state index in [1.165, 1.54) is 13.7 Å². The zero-order valence-corrected chi connectivity index (χ0v) is 32.1. The van der Waals surface area contributed by atoms with Gasteiger partial charge in [0.25, 0.3) is 0 Å². The van der Waals surface area contributed by atoms with Gasteiger partial charge in [0.1, 0.15) is 19.8 Å². The Labute approximate surface area is 317 Å². The van der Waals surface area contributed by atoms with Gasteiger partial charge in [-0.15, -0.1) is 0 Å². The average molecular weight is 766 g/mol. The van der Waals surface area contributed by atoms with Gasteiger partial charge in [0, 0.05) is 98.2 Å². The molecule has 0 unspecified atom stereocenters. The first kappa shape index (κ1) is 42.8. The summed E-state index contributed by atoms with van der Waals surface area (Å²) in [5, 5.41) is 8.26. The molecule has 0 atom stereocenters. The van der Waals surface area contributed by atoms with Crippen LogP contribution in [-0.2, 0) is 33.8 Å². The molecule has 0 saturated carbocycles. The van der Waals surface area contributed by atoms with Crippen LogP contribution in [0.25, 0.3) is 0 Å². The van der Waals surface area contributed by atoms with Crippen LogP contribution in [0.5, 0.6) is 0 Å². The van der Waals surface area contributed by atoms with E-state index in [-0.39, 0.29) is 19.6 Å². The van der Waals surface area contributed by atoms with Crippen molar-refractivity contribution in [3.8, 4) is 0 Å². The van der Waals surface area contributed by atoms with Gasteiger partial charge in [-0.2, -0.15) is 0 Å². The van der Waals surface area contributed by atoms with Crippen LogP contribution in [0, 0.1) is 0 Å². The lowest BCUT2D eigenvalue weighted by Crippen LogP contribution is -2.54. The minimum absolute atomic E-state index is 0.198. The maximum atomic E-state index is 13.5. The molecule has 1 aromatic rings. The Bertz CT molecular complexity index is 1270. The van der Waals surface area contributed by atoms with E-state index >= 15 is 0 Å². The molecule has 3 amide bonds. The van der Waals surface area contributed by atoms with E-state index in [9.17, 15) is 28.8 Å². The Kier molecular flexibility index (Phi) is 19.4. The highest BCUT2D eigenvalue weighted by Gasteiger charge is 2.19. The highest BCUT2D eigenvalue weighted by Crippen LogP contribution is 2.05. The molecule has 3 fully saturated rings. The number of unbranched alkanes of at least 4 members (excludes halogenated alkanes) is 9. The van der Waals surface area contributed by atoms with E-state index in [2.05, 4.69) is 30.7 Å². The van der Waals surface area contributed by atoms with Crippen molar-refractivity contribution in [1.29, 1.82) is 0 Å². The number of ether oxygens (including phenoxy) is 3. The van der Waals surface area contributed by atoms with Gasteiger partial charge in [-0.25, -0.2) is 42.5 Å². The fraction of sp³-hybridized carbons (Fsp3) is 0.833. The summed E-state index contributed by atoms with van der Waals surface area (Å²) in [6, 6.07) is 0. The van der Waals surface area contributed by atoms with Crippen LogP contribution in [0.4, 0.5) is 14.4 Å². The van der Waals surface area contributed by atoms with Crippen molar-refractivity contribution in [1.82, 2.24) is 44.4 Å². The number of nitrogens with zero attached hydrogens (tertiary/aromatic N) is 6. The Morgan fingerprint density at radius 2 is 0.648 bits per heavy atom. The number of carbonyl (C=O) groups excluding carboxylic acids is 3. The van der Waals surface area contributed by atoms with Gasteiger partial charge in [0.2, 0.25) is 0 Å². The quantitative estimate of drug-likeness (QED) is 0.0573. The number of aromatic nitrogens is 3. The molecule has 0 spiro atoms. The molecule has 3 N–H and O–H groups in total. The van der Waals surface area contributed by atoms with E-state index in [1.54, 1.807) is 0 Å². The number of hydrogen-bond acceptors (Lipinski definition) is 12. The van der Waals surface area contributed by atoms with Gasteiger partial charge in [-0.05, 0) is 38.5 Å². The van der Waals surface area contributed by atoms with Crippen molar-refractivity contribution >= 4 is 18.3 Å². The molecule has 3 aliphatic rings. The molecule has 54 heavy (non-hydrogen) atoms. The van der Waals surface area contributed by atoms with Gasteiger partial charge in [0.05, 0.1) is 0 Å². The van der Waals surface area contributed by atoms with E-state index in [4.69, 9.17) is 14.2 Å². The maximum Gasteiger partial charge on any atom is 0.407 e. The SMILES string of the molecule is O=C(NCCCCCCn1c(=O)n(CCCCCCNC(=O)OCCN2CC2)c(=O)n(CCCCCCNC(=O)OCCN2CC2)c1=O)OCCN1CC1. The average Bonchev–Trinajstić information content (AvgIpc) is 3.98. The number of nitrogens with one attached hydrogen (secondary N) is 3. The second kappa shape index (κ2) is 24.5. The molecule has 0 radical (unpaired) electrons. The van der Waals surface area contributed by atoms with Crippen LogP contribution in [-0.4, -0.2) is 145 Å². The summed E-state index contributed by atoms with van der Waals surface area (Å²) in [5.74, 6) is 0. The lowest BCUT2D eigenvalue weighted by molar-refractivity contribution is 0.141. The van der Waals surface area contributed by atoms with Crippen LogP contribution in [0.3, 0.4) is 0 Å². The molecule has 3 saturated heterocycles. The fourth-order valence-electron chi connectivity index (χ4n) is 5.91. The van der Waals surface area contributed by atoms with Gasteiger partial charge in [-0.1, -0.05) is 38.5 Å². The molecule has 18 heteroatoms. The van der Waals surface area contributed by atoms with Gasteiger partial charge >= 0.3 is 35.3 Å². The molecule has 4 rings (SSSR count). The first-order chi connectivity index (χ1) is 26.3. The van der Waals surface area contributed by atoms with Gasteiger partial charge < -0.3 is 30.2 Å². The van der Waals surface area contributed by atoms with E-state index < -0.39 is 35.3 Å². The summed E-state index contributed by atoms with van der Waals surface area (Å²) < 4.78 is 19.0. The number of hydrogen-bond donors (Lipinski definition) is 3. The van der Waals surface area contributed by atoms with Crippen molar-refractivity contribution in [3.63, 3.8) is 0 Å². The van der Waals surface area contributed by atoms with E-state index in [0.29, 0.717) is 58.7 Å². The molecule has 0 aromatic carbocycles. The van der Waals surface area contributed by atoms with Crippen LogP contribution < -0.4 is 33.0 Å². The number of alkyl carbamates (subject to hydrolysis) is 3. The minimum atomic E-state index is -0.590. The predicted octanol–water partition coefficient (Wildman–Crippen LogP) is 0.978. The number of rotatable bonds is 30. The monoisotopic (exact) mass is 765 g/mol. The normalized spacial score (nSPS) is 15.1. The van der Waals surface area contributed by atoms with Crippen LogP contribution in [0.2, 0.25) is 0 Å². The Morgan fingerprint density at radius 1 is 0.389 bits per heavy atom. The topological polar surface area (TPSA) is 190 Å². The van der Waals surface area contributed by atoms with Crippen molar-refractivity contribution < 1.29 is 28.6 Å². The van der Waals surface area contributed by atoms with Crippen LogP contribution in [0.15, 0.2) is 14.4 Å². The molecule has 4 heterocycles. The van der Waals surface area contributed by atoms with Crippen LogP contribution in [0.1, 0.15) is 77.0 Å². The first-order valence-electron chi connectivity index (χ1n) is 20.2. The lowest BCUT2D eigenvalue weighted by Gasteiger charge is -2.14. The first-order valence-corrected chi connectivity index (χ1v) is 20.2. The minimum Gasteiger partial charge on any atom is -0.448 e. The lowest BCUT2D eigenvalue weighted by atomic mass is 10.2. The molecule has 1 aromatic heterocycles. The summed E-state index contributed by atoms with van der Waals surface area (Å²) in [5.41, 5.74) is -1.77. The summed E-state index contributed by atoms with van der Waals surface area (Å²) >= 11 is 0. The third kappa shape index (κ3) is 18.0. The largest absolute Gasteiger partial charge is 0.448 e. The van der Waals surface area contributed by atoms with E-state index in [0.717, 1.165) is 117 Å². The smallest absolute Gasteiger partial charge is 0.407 e. The molecule has 0 bridgehead atoms. The zero-order valence-electron chi connectivity index (χ0n) is 32.1. The summed E-state index contributed by atoms with van der Waals surface area (Å²) in [7, 11) is 0. The van der Waals surface area contributed by atoms with Crippen molar-refractivity contribution in [2.24, 2.45) is 0 Å². The van der Waals surface area contributed by atoms with E-state index in [1.807, 2.05) is 0 Å². The van der Waals surface area contributed by atoms with Crippen LogP contribution >= 0.6 is 0 Å². The Morgan fingerprint density at radius 3 is 0.907 bits per heavy atom. The zero-order chi connectivity index (χ0) is 38.4. The molecular formula is C36H63N9O9. The summed E-state index contributed by atoms with van der Waals surface area (Å²) in [6.45, 7) is 11.8. The Hall–Kier alpha value is -3.90. The molecule has 3 aliphatic heterocycles. The molecule has 18 nitrogen and oxygen atoms in total. The predicted molar refractivity (Wildman–Crippen MR) is 202 cm³/mol. The third-order valence-electron chi connectivity index (χ3n) is 9.66. The highest BCUT2D eigenvalue weighted by molar-refractivity contribution is 5.67. The van der Waals surface area contributed by atoms with Gasteiger partial charge in [0.15, 0.2) is 0 Å². The third-order valence-corrected chi connectivity index (χ3v) is 9.66. The van der Waals surface area contributed by atoms with Crippen molar-refractivity contribution in [2.45, 2.75) is 96.7 Å². The highest BCUT2D eigenvalue weighted by atomic mass is 16.6. The summed E-state index contributed by atoms with van der Waals surface area (Å²) in [6.07, 6.45) is 7.33. The maximum absolute atomic E-state index is 13.5. The fourth-order valence-corrected chi connectivity index (χ4v) is 5.91. The van der Waals surface area contributed by atoms with Crippen molar-refractivity contribution in [2.75, 3.05) is 98.4 Å². The second-order valence-electron chi connectivity index (χ2n) is 14.3. The number of carbonyl (C=O) groups is 3. The molecular weight excluding hydrogens is 702 g/mol. The van der Waals surface area contributed by atoms with Crippen molar-refractivity contribution in [3.05, 3.63) is 31.5 Å². The molecule has 306 valence electrons. The standard InChI is InChI=1S/C36H63N9O9/c46-31(52-28-25-40-19-20-40)37-13-7-1-4-10-16-43-34(49)44(17-11-5-2-8-14-38-32(47)53-29-26-41-21-22-41)36(51)45(35(43)50)18-12-6-3-9-15-39-33(48)54-30-27-42-23-24-42/h1-30H2,(H,37,46)(H,38,47)(H,39,48). The second-order valence-corrected chi connectivity index (χ2v) is 14.3. The molecule has 0 aliphatic carbocycles. The number of amides is 3. The summed E-state index contributed by atoms with van der Waals surface area (Å²) in [4.78, 5) is 82.3.